The lowest BCUT2D eigenvalue weighted by molar-refractivity contribution is -0.114. The molecular formula is C34H36FN3O2. The summed E-state index contributed by atoms with van der Waals surface area (Å²) in [7, 11) is 0. The zero-order valence-corrected chi connectivity index (χ0v) is 22.9. The van der Waals surface area contributed by atoms with Crippen LogP contribution in [0.3, 0.4) is 0 Å². The second kappa shape index (κ2) is 13.4. The first-order valence-electron chi connectivity index (χ1n) is 14.3. The van der Waals surface area contributed by atoms with E-state index in [1.165, 1.54) is 37.8 Å². The van der Waals surface area contributed by atoms with Gasteiger partial charge in [-0.2, -0.15) is 0 Å². The standard InChI is InChI=1S/C34H36FN3O2/c35-30-16-13-27(14-17-30)25-38-32-23-29(33(39)12-6-9-21-37-19-7-1-2-8-20-37)24-36-31(32)18-15-28(34(38)40)22-26-10-4-3-5-11-26/h3-5,10-11,13-18,22-24H,1-2,6-9,12,19-21,25H2/b28-22+. The number of hydrogen-bond donors (Lipinski definition) is 0. The van der Waals surface area contributed by atoms with Gasteiger partial charge in [-0.3, -0.25) is 14.6 Å². The molecule has 0 atom stereocenters. The Balaban J connectivity index is 1.35. The van der Waals surface area contributed by atoms with Gasteiger partial charge in [-0.1, -0.05) is 55.3 Å². The van der Waals surface area contributed by atoms with Gasteiger partial charge in [0.1, 0.15) is 5.82 Å². The molecule has 5 nitrogen and oxygen atoms in total. The van der Waals surface area contributed by atoms with Gasteiger partial charge in [0.15, 0.2) is 5.78 Å². The van der Waals surface area contributed by atoms with E-state index in [1.807, 2.05) is 42.5 Å². The molecular weight excluding hydrogens is 501 g/mol. The molecule has 1 aromatic heterocycles. The fraction of sp³-hybridized carbons (Fsp3) is 0.324. The third-order valence-corrected chi connectivity index (χ3v) is 7.63. The fourth-order valence-corrected chi connectivity index (χ4v) is 5.36. The van der Waals surface area contributed by atoms with Crippen molar-refractivity contribution in [2.24, 2.45) is 0 Å². The Morgan fingerprint density at radius 1 is 0.925 bits per heavy atom. The number of Topliss-reactive ketones (excluding diaryl/α,β-unsaturated/α-hetero) is 1. The van der Waals surface area contributed by atoms with Gasteiger partial charge < -0.3 is 9.80 Å². The van der Waals surface area contributed by atoms with Gasteiger partial charge in [0.2, 0.25) is 0 Å². The Kier molecular flexibility index (Phi) is 9.30. The normalized spacial score (nSPS) is 17.0. The molecule has 0 aliphatic carbocycles. The fourth-order valence-electron chi connectivity index (χ4n) is 5.36. The molecule has 5 rings (SSSR count). The largest absolute Gasteiger partial charge is 0.303 e. The summed E-state index contributed by atoms with van der Waals surface area (Å²) in [6, 6.07) is 17.6. The zero-order valence-electron chi connectivity index (χ0n) is 22.9. The number of aromatic nitrogens is 1. The Bertz CT molecular complexity index is 1370. The van der Waals surface area contributed by atoms with Crippen molar-refractivity contribution in [1.29, 1.82) is 0 Å². The van der Waals surface area contributed by atoms with E-state index >= 15 is 0 Å². The molecule has 2 aromatic carbocycles. The molecule has 2 aliphatic heterocycles. The molecule has 0 bridgehead atoms. The van der Waals surface area contributed by atoms with Gasteiger partial charge >= 0.3 is 0 Å². The molecule has 6 heteroatoms. The van der Waals surface area contributed by atoms with E-state index in [0.717, 1.165) is 43.6 Å². The van der Waals surface area contributed by atoms with Gasteiger partial charge in [-0.15, -0.1) is 0 Å². The van der Waals surface area contributed by atoms with Crippen LogP contribution in [0.1, 0.15) is 72.1 Å². The lowest BCUT2D eigenvalue weighted by atomic mass is 10.0. The van der Waals surface area contributed by atoms with Crippen LogP contribution in [0.5, 0.6) is 0 Å². The number of halogens is 1. The minimum Gasteiger partial charge on any atom is -0.303 e. The summed E-state index contributed by atoms with van der Waals surface area (Å²) in [5, 5.41) is 0. The van der Waals surface area contributed by atoms with Crippen molar-refractivity contribution in [3.8, 4) is 0 Å². The van der Waals surface area contributed by atoms with Gasteiger partial charge in [0, 0.05) is 23.8 Å². The smallest absolute Gasteiger partial charge is 0.258 e. The minimum absolute atomic E-state index is 0.0358. The van der Waals surface area contributed by atoms with E-state index in [-0.39, 0.29) is 24.1 Å². The van der Waals surface area contributed by atoms with Crippen molar-refractivity contribution in [2.45, 2.75) is 51.5 Å². The van der Waals surface area contributed by atoms with Gasteiger partial charge in [0.25, 0.3) is 5.91 Å². The number of nitrogens with zero attached hydrogens (tertiary/aromatic N) is 3. The maximum atomic E-state index is 13.9. The van der Waals surface area contributed by atoms with Crippen LogP contribution in [0.25, 0.3) is 12.2 Å². The minimum atomic E-state index is -0.330. The predicted octanol–water partition coefficient (Wildman–Crippen LogP) is 7.09. The molecule has 40 heavy (non-hydrogen) atoms. The van der Waals surface area contributed by atoms with Gasteiger partial charge in [-0.25, -0.2) is 4.39 Å². The van der Waals surface area contributed by atoms with Crippen molar-refractivity contribution in [2.75, 3.05) is 24.5 Å². The maximum absolute atomic E-state index is 13.9. The number of anilines is 1. The number of likely N-dealkylation sites (tertiary alicyclic amines) is 1. The summed E-state index contributed by atoms with van der Waals surface area (Å²) in [5.74, 6) is -0.497. The first-order valence-corrected chi connectivity index (χ1v) is 14.3. The summed E-state index contributed by atoms with van der Waals surface area (Å²) < 4.78 is 13.6. The number of benzene rings is 2. The number of unbranched alkanes of at least 4 members (excludes halogenated alkanes) is 1. The molecule has 0 spiro atoms. The SMILES string of the molecule is O=C(CCCCN1CCCCCC1)c1cnc2c(c1)N(Cc1ccc(F)cc1)C(=O)/C(=C/c1ccccc1)C=C2. The van der Waals surface area contributed by atoms with Crippen LogP contribution in [0.4, 0.5) is 10.1 Å². The summed E-state index contributed by atoms with van der Waals surface area (Å²) in [6.45, 7) is 3.59. The van der Waals surface area contributed by atoms with Crippen molar-refractivity contribution < 1.29 is 14.0 Å². The number of fused-ring (bicyclic) bond motifs is 1. The topological polar surface area (TPSA) is 53.5 Å². The Morgan fingerprint density at radius 2 is 1.68 bits per heavy atom. The van der Waals surface area contributed by atoms with E-state index in [1.54, 1.807) is 35.4 Å². The lowest BCUT2D eigenvalue weighted by Crippen LogP contribution is -2.31. The molecule has 0 unspecified atom stereocenters. The highest BCUT2D eigenvalue weighted by Crippen LogP contribution is 2.30. The summed E-state index contributed by atoms with van der Waals surface area (Å²) in [6.07, 6.45) is 14.5. The molecule has 1 amide bonds. The molecule has 206 valence electrons. The molecule has 1 fully saturated rings. The number of carbonyl (C=O) groups excluding carboxylic acids is 2. The second-order valence-corrected chi connectivity index (χ2v) is 10.6. The molecule has 0 radical (unpaired) electrons. The summed E-state index contributed by atoms with van der Waals surface area (Å²) in [5.41, 5.74) is 3.91. The second-order valence-electron chi connectivity index (χ2n) is 10.6. The third-order valence-electron chi connectivity index (χ3n) is 7.63. The van der Waals surface area contributed by atoms with Crippen LogP contribution < -0.4 is 4.90 Å². The van der Waals surface area contributed by atoms with Crippen molar-refractivity contribution in [3.63, 3.8) is 0 Å². The van der Waals surface area contributed by atoms with Crippen LogP contribution in [0.15, 0.2) is 78.5 Å². The van der Waals surface area contributed by atoms with E-state index in [2.05, 4.69) is 9.88 Å². The number of carbonyl (C=O) groups is 2. The van der Waals surface area contributed by atoms with E-state index in [0.29, 0.717) is 28.9 Å². The molecule has 3 heterocycles. The van der Waals surface area contributed by atoms with Crippen LogP contribution in [0.2, 0.25) is 0 Å². The molecule has 2 aliphatic rings. The molecule has 0 saturated carbocycles. The van der Waals surface area contributed by atoms with Gasteiger partial charge in [-0.05, 0) is 92.9 Å². The number of amides is 1. The maximum Gasteiger partial charge on any atom is 0.258 e. The molecule has 1 saturated heterocycles. The Hall–Kier alpha value is -3.90. The highest BCUT2D eigenvalue weighted by Gasteiger charge is 2.26. The van der Waals surface area contributed by atoms with Crippen LogP contribution in [0, 0.1) is 5.82 Å². The Morgan fingerprint density at radius 3 is 2.42 bits per heavy atom. The van der Waals surface area contributed by atoms with Crippen LogP contribution in [-0.2, 0) is 11.3 Å². The monoisotopic (exact) mass is 537 g/mol. The van der Waals surface area contributed by atoms with E-state index in [9.17, 15) is 14.0 Å². The van der Waals surface area contributed by atoms with Gasteiger partial charge in [0.05, 0.1) is 17.9 Å². The Labute approximate surface area is 236 Å². The average molecular weight is 538 g/mol. The average Bonchev–Trinajstić information content (AvgIpc) is 3.31. The summed E-state index contributed by atoms with van der Waals surface area (Å²) >= 11 is 0. The number of hydrogen-bond acceptors (Lipinski definition) is 4. The first-order chi connectivity index (χ1) is 19.6. The number of ketones is 1. The van der Waals surface area contributed by atoms with Crippen LogP contribution in [-0.4, -0.2) is 41.2 Å². The lowest BCUT2D eigenvalue weighted by Gasteiger charge is -2.24. The summed E-state index contributed by atoms with van der Waals surface area (Å²) in [4.78, 5) is 35.8. The highest BCUT2D eigenvalue weighted by molar-refractivity contribution is 6.13. The predicted molar refractivity (Wildman–Crippen MR) is 158 cm³/mol. The first kappa shape index (κ1) is 27.7. The molecule has 3 aromatic rings. The highest BCUT2D eigenvalue weighted by atomic mass is 19.1. The zero-order chi connectivity index (χ0) is 27.7. The van der Waals surface area contributed by atoms with Crippen LogP contribution >= 0.6 is 0 Å². The van der Waals surface area contributed by atoms with E-state index in [4.69, 9.17) is 0 Å². The number of rotatable bonds is 9. The van der Waals surface area contributed by atoms with Crippen molar-refractivity contribution >= 4 is 29.5 Å². The van der Waals surface area contributed by atoms with E-state index < -0.39 is 0 Å². The third kappa shape index (κ3) is 7.19. The van der Waals surface area contributed by atoms with Crippen molar-refractivity contribution in [1.82, 2.24) is 9.88 Å². The molecule has 0 N–H and O–H groups in total. The quantitative estimate of drug-likeness (QED) is 0.166. The number of pyridine rings is 1. The van der Waals surface area contributed by atoms with Crippen molar-refractivity contribution in [3.05, 3.63) is 107 Å².